The fourth-order valence-corrected chi connectivity index (χ4v) is 5.59. The van der Waals surface area contributed by atoms with Crippen LogP contribution in [0, 0.1) is 6.92 Å². The molecule has 2 aromatic carbocycles. The number of ketones is 2. The molecule has 0 radical (unpaired) electrons. The van der Waals surface area contributed by atoms with Gasteiger partial charge in [-0.3, -0.25) is 14.4 Å². The maximum Gasteiger partial charge on any atom is 0.262 e. The first kappa shape index (κ1) is 23.5. The minimum Gasteiger partial charge on any atom is -0.483 e. The van der Waals surface area contributed by atoms with Gasteiger partial charge in [-0.05, 0) is 62.4 Å². The lowest BCUT2D eigenvalue weighted by Gasteiger charge is -2.37. The predicted molar refractivity (Wildman–Crippen MR) is 137 cm³/mol. The number of benzene rings is 2. The normalized spacial score (nSPS) is 18.1. The maximum atomic E-state index is 13.1. The van der Waals surface area contributed by atoms with E-state index in [1.807, 2.05) is 43.3 Å². The average molecular weight is 535 g/mol. The third kappa shape index (κ3) is 4.69. The largest absolute Gasteiger partial charge is 0.483 e. The van der Waals surface area contributed by atoms with Gasteiger partial charge in [0, 0.05) is 57.0 Å². The lowest BCUT2D eigenvalue weighted by atomic mass is 9.71. The number of hydrogen-bond acceptors (Lipinski definition) is 5. The zero-order chi connectivity index (χ0) is 24.5. The lowest BCUT2D eigenvalue weighted by molar-refractivity contribution is -0.119. The number of para-hydroxylation sites is 1. The zero-order valence-corrected chi connectivity index (χ0v) is 21.2. The molecular formula is C28H27BrN2O4. The Bertz CT molecular complexity index is 1250. The van der Waals surface area contributed by atoms with Crippen LogP contribution in [-0.4, -0.2) is 24.1 Å². The summed E-state index contributed by atoms with van der Waals surface area (Å²) in [6, 6.07) is 13.1. The summed E-state index contributed by atoms with van der Waals surface area (Å²) in [5, 5.41) is 6.32. The van der Waals surface area contributed by atoms with Gasteiger partial charge in [0.25, 0.3) is 5.91 Å². The van der Waals surface area contributed by atoms with Crippen LogP contribution in [0.5, 0.6) is 5.75 Å². The van der Waals surface area contributed by atoms with Gasteiger partial charge in [-0.15, -0.1) is 0 Å². The number of amides is 1. The number of carbonyl (C=O) groups excluding carboxylic acids is 3. The number of rotatable bonds is 5. The van der Waals surface area contributed by atoms with E-state index >= 15 is 0 Å². The van der Waals surface area contributed by atoms with E-state index in [0.29, 0.717) is 29.7 Å². The third-order valence-electron chi connectivity index (χ3n) is 6.85. The molecule has 2 N–H and O–H groups in total. The van der Waals surface area contributed by atoms with Gasteiger partial charge < -0.3 is 15.4 Å². The first-order chi connectivity index (χ1) is 16.9. The predicted octanol–water partition coefficient (Wildman–Crippen LogP) is 5.48. The summed E-state index contributed by atoms with van der Waals surface area (Å²) in [6.07, 6.45) is 4.11. The van der Waals surface area contributed by atoms with Crippen LogP contribution in [0.2, 0.25) is 0 Å². The molecule has 6 nitrogen and oxygen atoms in total. The van der Waals surface area contributed by atoms with E-state index in [2.05, 4.69) is 26.6 Å². The number of nitrogens with one attached hydrogen (secondary N) is 2. The molecule has 0 atom stereocenters. The highest BCUT2D eigenvalue weighted by atomic mass is 79.9. The SMILES string of the molecule is Cc1ccccc1NC(=O)COc1ccc(Br)cc1C1C2=C(CCCC2=O)NC2=C1C(=O)CCC2. The van der Waals surface area contributed by atoms with Crippen molar-refractivity contribution in [2.24, 2.45) is 0 Å². The summed E-state index contributed by atoms with van der Waals surface area (Å²) in [6.45, 7) is 1.74. The second kappa shape index (κ2) is 9.82. The number of carbonyl (C=O) groups is 3. The van der Waals surface area contributed by atoms with Crippen molar-refractivity contribution in [3.05, 3.63) is 80.6 Å². The minimum atomic E-state index is -0.492. The van der Waals surface area contributed by atoms with Crippen molar-refractivity contribution in [2.45, 2.75) is 51.4 Å². The fraction of sp³-hybridized carbons (Fsp3) is 0.321. The Morgan fingerprint density at radius 3 is 2.31 bits per heavy atom. The van der Waals surface area contributed by atoms with Crippen molar-refractivity contribution in [1.82, 2.24) is 5.32 Å². The number of dihydropyridines is 1. The molecule has 0 fully saturated rings. The van der Waals surface area contributed by atoms with Gasteiger partial charge in [0.1, 0.15) is 5.75 Å². The zero-order valence-electron chi connectivity index (χ0n) is 19.6. The van der Waals surface area contributed by atoms with Crippen molar-refractivity contribution >= 4 is 39.1 Å². The maximum absolute atomic E-state index is 13.1. The summed E-state index contributed by atoms with van der Waals surface area (Å²) in [5.74, 6) is -0.140. The van der Waals surface area contributed by atoms with Crippen LogP contribution in [0.3, 0.4) is 0 Å². The number of aryl methyl sites for hydroxylation is 1. The smallest absolute Gasteiger partial charge is 0.262 e. The van der Waals surface area contributed by atoms with Crippen LogP contribution in [0.1, 0.15) is 55.6 Å². The molecule has 35 heavy (non-hydrogen) atoms. The van der Waals surface area contributed by atoms with E-state index in [4.69, 9.17) is 4.74 Å². The van der Waals surface area contributed by atoms with E-state index in [1.54, 1.807) is 6.07 Å². The molecule has 7 heteroatoms. The van der Waals surface area contributed by atoms with E-state index in [1.165, 1.54) is 0 Å². The van der Waals surface area contributed by atoms with E-state index in [-0.39, 0.29) is 24.1 Å². The molecule has 3 aliphatic rings. The molecular weight excluding hydrogens is 508 g/mol. The lowest BCUT2D eigenvalue weighted by Crippen LogP contribution is -2.36. The number of Topliss-reactive ketones (excluding diaryl/α,β-unsaturated/α-hetero) is 2. The number of allylic oxidation sites excluding steroid dienone is 4. The van der Waals surface area contributed by atoms with Crippen molar-refractivity contribution in [1.29, 1.82) is 0 Å². The molecule has 2 aromatic rings. The Labute approximate surface area is 212 Å². The highest BCUT2D eigenvalue weighted by Crippen LogP contribution is 2.48. The topological polar surface area (TPSA) is 84.5 Å². The Morgan fingerprint density at radius 2 is 1.66 bits per heavy atom. The molecule has 0 bridgehead atoms. The molecule has 5 rings (SSSR count). The first-order valence-electron chi connectivity index (χ1n) is 12.0. The van der Waals surface area contributed by atoms with Crippen molar-refractivity contribution in [2.75, 3.05) is 11.9 Å². The van der Waals surface area contributed by atoms with E-state index in [0.717, 1.165) is 58.4 Å². The quantitative estimate of drug-likeness (QED) is 0.530. The number of hydrogen-bond donors (Lipinski definition) is 2. The van der Waals surface area contributed by atoms with Gasteiger partial charge in [-0.2, -0.15) is 0 Å². The van der Waals surface area contributed by atoms with Crippen molar-refractivity contribution in [3.8, 4) is 5.75 Å². The van der Waals surface area contributed by atoms with Crippen LogP contribution < -0.4 is 15.4 Å². The first-order valence-corrected chi connectivity index (χ1v) is 12.8. The van der Waals surface area contributed by atoms with Crippen LogP contribution in [0.15, 0.2) is 69.5 Å². The Balaban J connectivity index is 1.49. The molecule has 0 saturated carbocycles. The summed E-state index contributed by atoms with van der Waals surface area (Å²) in [7, 11) is 0. The fourth-order valence-electron chi connectivity index (χ4n) is 5.21. The molecule has 180 valence electrons. The van der Waals surface area contributed by atoms with Gasteiger partial charge in [-0.25, -0.2) is 0 Å². The third-order valence-corrected chi connectivity index (χ3v) is 7.35. The summed E-state index contributed by atoms with van der Waals surface area (Å²) < 4.78 is 6.85. The number of ether oxygens (including phenoxy) is 1. The summed E-state index contributed by atoms with van der Waals surface area (Å²) >= 11 is 3.55. The Hall–Kier alpha value is -3.19. The van der Waals surface area contributed by atoms with E-state index in [9.17, 15) is 14.4 Å². The van der Waals surface area contributed by atoms with Gasteiger partial charge in [0.15, 0.2) is 18.2 Å². The van der Waals surface area contributed by atoms with Crippen LogP contribution in [0.25, 0.3) is 0 Å². The second-order valence-corrected chi connectivity index (χ2v) is 10.1. The van der Waals surface area contributed by atoms with Crippen molar-refractivity contribution < 1.29 is 19.1 Å². The van der Waals surface area contributed by atoms with Gasteiger partial charge in [0.2, 0.25) is 0 Å². The number of anilines is 1. The molecule has 0 unspecified atom stereocenters. The highest BCUT2D eigenvalue weighted by molar-refractivity contribution is 9.10. The summed E-state index contributed by atoms with van der Waals surface area (Å²) in [4.78, 5) is 39.0. The second-order valence-electron chi connectivity index (χ2n) is 9.23. The monoisotopic (exact) mass is 534 g/mol. The number of halogens is 1. The molecule has 0 saturated heterocycles. The molecule has 1 heterocycles. The molecule has 1 amide bonds. The minimum absolute atomic E-state index is 0.0666. The Morgan fingerprint density at radius 1 is 1.00 bits per heavy atom. The average Bonchev–Trinajstić information content (AvgIpc) is 2.84. The molecule has 0 aromatic heterocycles. The van der Waals surface area contributed by atoms with Gasteiger partial charge in [-0.1, -0.05) is 34.1 Å². The van der Waals surface area contributed by atoms with Gasteiger partial charge >= 0.3 is 0 Å². The molecule has 2 aliphatic carbocycles. The Kier molecular flexibility index (Phi) is 6.60. The highest BCUT2D eigenvalue weighted by Gasteiger charge is 2.41. The van der Waals surface area contributed by atoms with Crippen LogP contribution in [0.4, 0.5) is 5.69 Å². The van der Waals surface area contributed by atoms with Crippen molar-refractivity contribution in [3.63, 3.8) is 0 Å². The van der Waals surface area contributed by atoms with E-state index < -0.39 is 5.92 Å². The molecule has 1 aliphatic heterocycles. The van der Waals surface area contributed by atoms with Crippen LogP contribution >= 0.6 is 15.9 Å². The van der Waals surface area contributed by atoms with Crippen LogP contribution in [-0.2, 0) is 14.4 Å². The standard InChI is InChI=1S/C28H27BrN2O4/c1-16-6-2-3-7-19(16)31-25(34)15-35-24-13-12-17(29)14-18(24)26-27-20(8-4-10-22(27)32)30-21-9-5-11-23(33)28(21)26/h2-3,6-7,12-14,26,30H,4-5,8-11,15H2,1H3,(H,31,34). The van der Waals surface area contributed by atoms with Gasteiger partial charge in [0.05, 0.1) is 0 Å². The summed E-state index contributed by atoms with van der Waals surface area (Å²) in [5.41, 5.74) is 5.60. The molecule has 0 spiro atoms.